The van der Waals surface area contributed by atoms with Gasteiger partial charge in [-0.2, -0.15) is 0 Å². The number of sulfonamides is 1. The lowest BCUT2D eigenvalue weighted by Crippen LogP contribution is -2.41. The molecule has 0 radical (unpaired) electrons. The molecule has 10 heteroatoms. The fourth-order valence-corrected chi connectivity index (χ4v) is 3.77. The predicted molar refractivity (Wildman–Crippen MR) is 109 cm³/mol. The molecular weight excluding hydrogens is 394 g/mol. The van der Waals surface area contributed by atoms with Crippen molar-refractivity contribution < 1.29 is 18.0 Å². The minimum atomic E-state index is -3.62. The minimum absolute atomic E-state index is 0.0715. The highest BCUT2D eigenvalue weighted by Gasteiger charge is 2.22. The molecule has 0 aliphatic rings. The van der Waals surface area contributed by atoms with Crippen LogP contribution in [0.3, 0.4) is 0 Å². The van der Waals surface area contributed by atoms with E-state index in [9.17, 15) is 13.2 Å². The molecule has 154 valence electrons. The molecule has 0 atom stereocenters. The number of fused-ring (bicyclic) bond motifs is 1. The lowest BCUT2D eigenvalue weighted by Gasteiger charge is -2.26. The van der Waals surface area contributed by atoms with Gasteiger partial charge in [0.2, 0.25) is 10.0 Å². The summed E-state index contributed by atoms with van der Waals surface area (Å²) in [6, 6.07) is 13.6. The van der Waals surface area contributed by atoms with Crippen molar-refractivity contribution in [2.45, 2.75) is 24.8 Å². The van der Waals surface area contributed by atoms with Crippen LogP contribution in [0.25, 0.3) is 11.0 Å². The number of carbonyl (C=O) groups is 1. The number of amides is 1. The van der Waals surface area contributed by atoms with E-state index < -0.39 is 10.0 Å². The SMILES string of the molecule is CC(C)N(C(=O)COn1nnc2ccc(S(=O)(=O)N(C)C)cc21)c1ccccc1. The van der Waals surface area contributed by atoms with Gasteiger partial charge in [0.15, 0.2) is 6.61 Å². The second-order valence-corrected chi connectivity index (χ2v) is 9.02. The zero-order valence-electron chi connectivity index (χ0n) is 16.7. The maximum absolute atomic E-state index is 12.8. The van der Waals surface area contributed by atoms with Crippen LogP contribution in [0.5, 0.6) is 0 Å². The van der Waals surface area contributed by atoms with E-state index in [1.54, 1.807) is 11.0 Å². The van der Waals surface area contributed by atoms with E-state index in [0.29, 0.717) is 11.0 Å². The van der Waals surface area contributed by atoms with Crippen LogP contribution < -0.4 is 9.74 Å². The van der Waals surface area contributed by atoms with Gasteiger partial charge in [0, 0.05) is 25.8 Å². The molecule has 0 aliphatic carbocycles. The van der Waals surface area contributed by atoms with Gasteiger partial charge in [-0.3, -0.25) is 4.79 Å². The Morgan fingerprint density at radius 1 is 1.14 bits per heavy atom. The molecule has 1 heterocycles. The summed E-state index contributed by atoms with van der Waals surface area (Å²) >= 11 is 0. The van der Waals surface area contributed by atoms with Gasteiger partial charge < -0.3 is 9.74 Å². The molecule has 0 bridgehead atoms. The molecule has 29 heavy (non-hydrogen) atoms. The average Bonchev–Trinajstić information content (AvgIpc) is 3.09. The smallest absolute Gasteiger partial charge is 0.267 e. The van der Waals surface area contributed by atoms with E-state index in [1.807, 2.05) is 44.2 Å². The second kappa shape index (κ2) is 8.18. The minimum Gasteiger partial charge on any atom is -0.385 e. The highest BCUT2D eigenvalue weighted by Crippen LogP contribution is 2.19. The van der Waals surface area contributed by atoms with Crippen molar-refractivity contribution in [3.8, 4) is 0 Å². The molecular formula is C19H23N5O4S. The van der Waals surface area contributed by atoms with E-state index in [1.165, 1.54) is 26.2 Å². The van der Waals surface area contributed by atoms with Crippen LogP contribution in [-0.2, 0) is 14.8 Å². The zero-order valence-corrected chi connectivity index (χ0v) is 17.5. The maximum Gasteiger partial charge on any atom is 0.267 e. The number of carbonyl (C=O) groups excluding carboxylic acids is 1. The first-order valence-electron chi connectivity index (χ1n) is 9.00. The summed E-state index contributed by atoms with van der Waals surface area (Å²) in [5, 5.41) is 7.83. The highest BCUT2D eigenvalue weighted by atomic mass is 32.2. The maximum atomic E-state index is 12.8. The Balaban J connectivity index is 1.84. The Morgan fingerprint density at radius 3 is 2.45 bits per heavy atom. The summed E-state index contributed by atoms with van der Waals surface area (Å²) in [4.78, 5) is 21.1. The lowest BCUT2D eigenvalue weighted by molar-refractivity contribution is -0.124. The number of anilines is 1. The first kappa shape index (κ1) is 20.7. The molecule has 0 spiro atoms. The average molecular weight is 417 g/mol. The molecule has 3 rings (SSSR count). The Morgan fingerprint density at radius 2 is 1.83 bits per heavy atom. The van der Waals surface area contributed by atoms with Crippen molar-refractivity contribution in [3.63, 3.8) is 0 Å². The molecule has 0 fully saturated rings. The van der Waals surface area contributed by atoms with Gasteiger partial charge in [-0.15, -0.1) is 5.10 Å². The second-order valence-electron chi connectivity index (χ2n) is 6.87. The topological polar surface area (TPSA) is 97.6 Å². The van der Waals surface area contributed by atoms with Crippen molar-refractivity contribution in [1.29, 1.82) is 0 Å². The van der Waals surface area contributed by atoms with E-state index in [0.717, 1.165) is 14.8 Å². The summed E-state index contributed by atoms with van der Waals surface area (Å²) in [6.07, 6.45) is 0. The Bertz CT molecular complexity index is 1110. The van der Waals surface area contributed by atoms with Crippen LogP contribution in [0, 0.1) is 0 Å². The van der Waals surface area contributed by atoms with E-state index in [4.69, 9.17) is 4.84 Å². The van der Waals surface area contributed by atoms with Crippen molar-refractivity contribution in [2.24, 2.45) is 0 Å². The van der Waals surface area contributed by atoms with E-state index in [-0.39, 0.29) is 23.5 Å². The Labute approximate surface area is 169 Å². The molecule has 9 nitrogen and oxygen atoms in total. The molecule has 3 aromatic rings. The third-order valence-corrected chi connectivity index (χ3v) is 6.11. The van der Waals surface area contributed by atoms with Crippen molar-refractivity contribution in [2.75, 3.05) is 25.6 Å². The molecule has 0 unspecified atom stereocenters. The van der Waals surface area contributed by atoms with Crippen LogP contribution in [0.2, 0.25) is 0 Å². The molecule has 0 saturated heterocycles. The quantitative estimate of drug-likeness (QED) is 0.579. The number of rotatable bonds is 7. The van der Waals surface area contributed by atoms with Gasteiger partial charge in [0.05, 0.1) is 4.90 Å². The third-order valence-electron chi connectivity index (χ3n) is 4.29. The van der Waals surface area contributed by atoms with Gasteiger partial charge >= 0.3 is 0 Å². The first-order chi connectivity index (χ1) is 13.7. The van der Waals surface area contributed by atoms with Crippen LogP contribution >= 0.6 is 0 Å². The van der Waals surface area contributed by atoms with Crippen LogP contribution in [0.15, 0.2) is 53.4 Å². The summed E-state index contributed by atoms with van der Waals surface area (Å²) in [5.41, 5.74) is 1.58. The van der Waals surface area contributed by atoms with Crippen LogP contribution in [0.4, 0.5) is 5.69 Å². The monoisotopic (exact) mass is 417 g/mol. The predicted octanol–water partition coefficient (Wildman–Crippen LogP) is 1.55. The molecule has 0 saturated carbocycles. The number of aromatic nitrogens is 3. The van der Waals surface area contributed by atoms with E-state index >= 15 is 0 Å². The summed E-state index contributed by atoms with van der Waals surface area (Å²) in [6.45, 7) is 3.54. The first-order valence-corrected chi connectivity index (χ1v) is 10.4. The number of para-hydroxylation sites is 1. The van der Waals surface area contributed by atoms with Gasteiger partial charge in [0.25, 0.3) is 5.91 Å². The highest BCUT2D eigenvalue weighted by molar-refractivity contribution is 7.89. The fraction of sp³-hybridized carbons (Fsp3) is 0.316. The van der Waals surface area contributed by atoms with Gasteiger partial charge in [-0.25, -0.2) is 12.7 Å². The lowest BCUT2D eigenvalue weighted by atomic mass is 10.2. The number of hydrogen-bond acceptors (Lipinski definition) is 6. The summed E-state index contributed by atoms with van der Waals surface area (Å²) in [7, 11) is -0.716. The molecule has 1 aromatic heterocycles. The van der Waals surface area contributed by atoms with Crippen molar-refractivity contribution in [3.05, 3.63) is 48.5 Å². The van der Waals surface area contributed by atoms with Crippen molar-refractivity contribution in [1.82, 2.24) is 19.5 Å². The van der Waals surface area contributed by atoms with Gasteiger partial charge in [-0.1, -0.05) is 23.0 Å². The van der Waals surface area contributed by atoms with Gasteiger partial charge in [-0.05, 0) is 49.4 Å². The largest absolute Gasteiger partial charge is 0.385 e. The molecule has 0 aliphatic heterocycles. The van der Waals surface area contributed by atoms with Crippen LogP contribution in [0.1, 0.15) is 13.8 Å². The number of benzene rings is 2. The number of hydrogen-bond donors (Lipinski definition) is 0. The third kappa shape index (κ3) is 4.22. The molecule has 1 amide bonds. The van der Waals surface area contributed by atoms with Gasteiger partial charge in [0.1, 0.15) is 11.0 Å². The summed E-state index contributed by atoms with van der Waals surface area (Å²) in [5.74, 6) is -0.257. The van der Waals surface area contributed by atoms with Crippen LogP contribution in [-0.4, -0.2) is 60.5 Å². The molecule has 2 aromatic carbocycles. The fourth-order valence-electron chi connectivity index (χ4n) is 2.85. The Kier molecular flexibility index (Phi) is 5.85. The Hall–Kier alpha value is -2.98. The van der Waals surface area contributed by atoms with Crippen molar-refractivity contribution >= 4 is 32.7 Å². The number of nitrogens with zero attached hydrogens (tertiary/aromatic N) is 5. The summed E-state index contributed by atoms with van der Waals surface area (Å²) < 4.78 is 25.9. The zero-order chi connectivity index (χ0) is 21.2. The normalized spacial score (nSPS) is 11.9. The standard InChI is InChI=1S/C19H23N5O4S/c1-14(2)23(15-8-6-5-7-9-15)19(25)13-28-24-18-12-16(29(26,27)22(3)4)10-11-17(18)20-21-24/h5-12,14H,13H2,1-4H3. The van der Waals surface area contributed by atoms with E-state index in [2.05, 4.69) is 10.3 Å². The molecule has 0 N–H and O–H groups in total.